The Balaban J connectivity index is 2.93. The average molecular weight is 118 g/mol. The number of rotatable bonds is 3. The fourth-order valence-electron chi connectivity index (χ4n) is 0.332. The molecule has 0 amide bonds. The van der Waals surface area contributed by atoms with Crippen LogP contribution in [0.5, 0.6) is 0 Å². The molecule has 1 N–H and O–H groups in total. The highest BCUT2D eigenvalue weighted by molar-refractivity contribution is 4.43. The van der Waals surface area contributed by atoms with Crippen LogP contribution in [0.2, 0.25) is 0 Å². The van der Waals surface area contributed by atoms with Crippen molar-refractivity contribution in [2.75, 3.05) is 6.61 Å². The molecule has 0 aliphatic rings. The fourth-order valence-corrected chi connectivity index (χ4v) is 0.332. The molecule has 0 saturated heterocycles. The van der Waals surface area contributed by atoms with E-state index in [0.717, 1.165) is 0 Å². The quantitative estimate of drug-likeness (QED) is 0.593. The lowest BCUT2D eigenvalue weighted by atomic mass is 10.4. The van der Waals surface area contributed by atoms with Gasteiger partial charge in [0.15, 0.2) is 0 Å². The second-order valence-corrected chi connectivity index (χ2v) is 2.23. The minimum Gasteiger partial charge on any atom is -0.391 e. The van der Waals surface area contributed by atoms with E-state index in [2.05, 4.69) is 0 Å². The molecule has 2 nitrogen and oxygen atoms in total. The van der Waals surface area contributed by atoms with Crippen LogP contribution in [0.15, 0.2) is 0 Å². The largest absolute Gasteiger partial charge is 0.391 e. The van der Waals surface area contributed by atoms with E-state index in [-0.39, 0.29) is 12.2 Å². The molecular formula is C6H14O2. The van der Waals surface area contributed by atoms with Crippen molar-refractivity contribution in [2.24, 2.45) is 0 Å². The standard InChI is InChI=1S/C6H14O2/c1-5(2)8-4-6(3)7/h5-7H,4H2,1-3H3. The van der Waals surface area contributed by atoms with E-state index in [1.54, 1.807) is 6.92 Å². The summed E-state index contributed by atoms with van der Waals surface area (Å²) in [7, 11) is 0. The van der Waals surface area contributed by atoms with Crippen molar-refractivity contribution >= 4 is 0 Å². The summed E-state index contributed by atoms with van der Waals surface area (Å²) in [6, 6.07) is 0. The van der Waals surface area contributed by atoms with Gasteiger partial charge < -0.3 is 9.84 Å². The van der Waals surface area contributed by atoms with Gasteiger partial charge in [0, 0.05) is 0 Å². The van der Waals surface area contributed by atoms with E-state index in [1.165, 1.54) is 0 Å². The molecule has 8 heavy (non-hydrogen) atoms. The van der Waals surface area contributed by atoms with Gasteiger partial charge in [-0.15, -0.1) is 0 Å². The van der Waals surface area contributed by atoms with Crippen LogP contribution in [0.25, 0.3) is 0 Å². The minimum absolute atomic E-state index is 0.226. The van der Waals surface area contributed by atoms with Gasteiger partial charge in [-0.1, -0.05) is 0 Å². The van der Waals surface area contributed by atoms with Crippen LogP contribution >= 0.6 is 0 Å². The second kappa shape index (κ2) is 3.87. The minimum atomic E-state index is -0.336. The normalized spacial score (nSPS) is 14.6. The molecule has 0 bridgehead atoms. The first kappa shape index (κ1) is 7.92. The van der Waals surface area contributed by atoms with Crippen molar-refractivity contribution in [1.29, 1.82) is 0 Å². The summed E-state index contributed by atoms with van der Waals surface area (Å²) >= 11 is 0. The number of aliphatic hydroxyl groups is 1. The molecule has 0 aromatic heterocycles. The smallest absolute Gasteiger partial charge is 0.0745 e. The zero-order chi connectivity index (χ0) is 6.57. The summed E-state index contributed by atoms with van der Waals surface area (Å²) in [5.41, 5.74) is 0. The highest BCUT2D eigenvalue weighted by Crippen LogP contribution is 1.89. The van der Waals surface area contributed by atoms with Crippen molar-refractivity contribution in [3.63, 3.8) is 0 Å². The van der Waals surface area contributed by atoms with E-state index in [1.807, 2.05) is 13.8 Å². The molecule has 2 heteroatoms. The maximum atomic E-state index is 8.68. The molecule has 0 saturated carbocycles. The Hall–Kier alpha value is -0.0800. The summed E-state index contributed by atoms with van der Waals surface area (Å²) < 4.78 is 5.05. The summed E-state index contributed by atoms with van der Waals surface area (Å²) in [5.74, 6) is 0. The van der Waals surface area contributed by atoms with Crippen LogP contribution in [0.1, 0.15) is 20.8 Å². The molecule has 0 aromatic rings. The molecule has 50 valence electrons. The first-order valence-electron chi connectivity index (χ1n) is 2.92. The van der Waals surface area contributed by atoms with Gasteiger partial charge in [-0.05, 0) is 20.8 Å². The lowest BCUT2D eigenvalue weighted by Crippen LogP contribution is -2.14. The first-order chi connectivity index (χ1) is 3.63. The number of ether oxygens (including phenoxy) is 1. The molecule has 0 radical (unpaired) electrons. The zero-order valence-electron chi connectivity index (χ0n) is 5.72. The van der Waals surface area contributed by atoms with Gasteiger partial charge in [-0.2, -0.15) is 0 Å². The van der Waals surface area contributed by atoms with Gasteiger partial charge in [0.2, 0.25) is 0 Å². The fraction of sp³-hybridized carbons (Fsp3) is 1.00. The van der Waals surface area contributed by atoms with Crippen molar-refractivity contribution in [3.8, 4) is 0 Å². The molecule has 0 spiro atoms. The molecule has 1 atom stereocenters. The van der Waals surface area contributed by atoms with Gasteiger partial charge in [0.1, 0.15) is 0 Å². The lowest BCUT2D eigenvalue weighted by molar-refractivity contribution is 0.0134. The van der Waals surface area contributed by atoms with E-state index >= 15 is 0 Å². The van der Waals surface area contributed by atoms with E-state index in [9.17, 15) is 0 Å². The number of aliphatic hydroxyl groups excluding tert-OH is 1. The molecule has 0 heterocycles. The average Bonchev–Trinajstić information content (AvgIpc) is 1.61. The van der Waals surface area contributed by atoms with Gasteiger partial charge in [0.05, 0.1) is 18.8 Å². The van der Waals surface area contributed by atoms with Crippen LogP contribution in [0, 0.1) is 0 Å². The monoisotopic (exact) mass is 118 g/mol. The zero-order valence-corrected chi connectivity index (χ0v) is 5.72. The predicted molar refractivity (Wildman–Crippen MR) is 32.8 cm³/mol. The molecule has 0 aromatic carbocycles. The Morgan fingerprint density at radius 1 is 1.38 bits per heavy atom. The SMILES string of the molecule is CC(O)COC(C)C. The van der Waals surface area contributed by atoms with Crippen molar-refractivity contribution in [3.05, 3.63) is 0 Å². The maximum absolute atomic E-state index is 8.68. The van der Waals surface area contributed by atoms with Crippen LogP contribution in [-0.2, 0) is 4.74 Å². The highest BCUT2D eigenvalue weighted by atomic mass is 16.5. The van der Waals surface area contributed by atoms with Crippen molar-refractivity contribution in [2.45, 2.75) is 33.0 Å². The topological polar surface area (TPSA) is 29.5 Å². The third-order valence-electron chi connectivity index (χ3n) is 0.671. The van der Waals surface area contributed by atoms with Gasteiger partial charge in [-0.3, -0.25) is 0 Å². The van der Waals surface area contributed by atoms with Gasteiger partial charge in [-0.25, -0.2) is 0 Å². The van der Waals surface area contributed by atoms with Crippen molar-refractivity contribution < 1.29 is 9.84 Å². The van der Waals surface area contributed by atoms with Crippen molar-refractivity contribution in [1.82, 2.24) is 0 Å². The summed E-state index contributed by atoms with van der Waals surface area (Å²) in [6.07, 6.45) is -0.109. The van der Waals surface area contributed by atoms with Crippen LogP contribution in [0.3, 0.4) is 0 Å². The highest BCUT2D eigenvalue weighted by Gasteiger charge is 1.96. The lowest BCUT2D eigenvalue weighted by Gasteiger charge is -2.07. The van der Waals surface area contributed by atoms with Crippen LogP contribution < -0.4 is 0 Å². The third-order valence-corrected chi connectivity index (χ3v) is 0.671. The van der Waals surface area contributed by atoms with E-state index < -0.39 is 0 Å². The summed E-state index contributed by atoms with van der Waals surface area (Å²) in [5, 5.41) is 8.68. The van der Waals surface area contributed by atoms with Gasteiger partial charge in [0.25, 0.3) is 0 Å². The number of hydrogen-bond donors (Lipinski definition) is 1. The Morgan fingerprint density at radius 3 is 2.00 bits per heavy atom. The Bertz CT molecular complexity index is 42.5. The summed E-state index contributed by atoms with van der Waals surface area (Å²) in [6.45, 7) is 6.05. The molecular weight excluding hydrogens is 104 g/mol. The Kier molecular flexibility index (Phi) is 3.83. The Labute approximate surface area is 50.5 Å². The summed E-state index contributed by atoms with van der Waals surface area (Å²) in [4.78, 5) is 0. The molecule has 0 rings (SSSR count). The number of hydrogen-bond acceptors (Lipinski definition) is 2. The maximum Gasteiger partial charge on any atom is 0.0745 e. The van der Waals surface area contributed by atoms with E-state index in [0.29, 0.717) is 6.61 Å². The van der Waals surface area contributed by atoms with Gasteiger partial charge >= 0.3 is 0 Å². The second-order valence-electron chi connectivity index (χ2n) is 2.23. The molecule has 1 unspecified atom stereocenters. The molecule has 0 aliphatic carbocycles. The van der Waals surface area contributed by atoms with Crippen LogP contribution in [0.4, 0.5) is 0 Å². The third kappa shape index (κ3) is 5.92. The molecule has 0 aliphatic heterocycles. The Morgan fingerprint density at radius 2 is 1.88 bits per heavy atom. The molecule has 0 fully saturated rings. The van der Waals surface area contributed by atoms with Crippen LogP contribution in [-0.4, -0.2) is 23.9 Å². The first-order valence-corrected chi connectivity index (χ1v) is 2.92. The predicted octanol–water partition coefficient (Wildman–Crippen LogP) is 0.792. The van der Waals surface area contributed by atoms with E-state index in [4.69, 9.17) is 9.84 Å².